The zero-order valence-corrected chi connectivity index (χ0v) is 64.4. The number of anilines is 6. The maximum atomic E-state index is 16.5. The quantitative estimate of drug-likeness (QED) is 0.0855. The van der Waals surface area contributed by atoms with Crippen molar-refractivity contribution >= 4 is 46.3 Å². The second-order valence-corrected chi connectivity index (χ2v) is 31.1. The van der Waals surface area contributed by atoms with Crippen LogP contribution in [0.4, 0.5) is 42.9 Å². The van der Waals surface area contributed by atoms with Crippen LogP contribution in [0.25, 0.3) is 56.7 Å². The molecule has 2 atom stereocenters. The number of ether oxygens (including phenoxy) is 2. The average Bonchev–Trinajstić information content (AvgIpc) is 1.52. The maximum absolute atomic E-state index is 16.5. The van der Waals surface area contributed by atoms with Crippen molar-refractivity contribution < 1.29 is 18.3 Å². The fraction of sp³-hybridized carbons (Fsp3) is 0.0826. The standard InChI is InChI=1S/C109H80F2N2O2/c1-7-73-35-39-75(40-36-73)67-114-87-51-43-77(44-52-87)107(101-59-69(3)31-33-71(101)5)97-27-13-9-23-89(97)93-55-47-83(63-103(93)107)112(81-21-17-19-79(110)61-81)85-49-57-95-91-25-11-15-29-99(91)109(105(95)65-85)100-30-16-12-26-92(100)96-58-50-86(66-106(96)109)113(82-22-18-20-80(111)62-82)84-48-56-94-90-24-10-14-28-98(90)108(104(94)64-84,102-60-70(4)32-34-72(102)6)78-45-53-88(54-46-78)115-68-76-41-37-74(8-2)38-42-76/h7-66H,1-2,67-68H2,3-6H3. The summed E-state index contributed by atoms with van der Waals surface area (Å²) in [5.74, 6) is 0.844. The van der Waals surface area contributed by atoms with Gasteiger partial charge in [0.2, 0.25) is 0 Å². The minimum Gasteiger partial charge on any atom is -0.489 e. The third kappa shape index (κ3) is 11.1. The highest BCUT2D eigenvalue weighted by molar-refractivity contribution is 5.99. The first-order chi connectivity index (χ1) is 56.3. The molecule has 0 fully saturated rings. The Morgan fingerprint density at radius 2 is 0.574 bits per heavy atom. The fourth-order valence-electron chi connectivity index (χ4n) is 19.6. The van der Waals surface area contributed by atoms with Crippen LogP contribution in [0.1, 0.15) is 111 Å². The molecule has 0 aliphatic heterocycles. The van der Waals surface area contributed by atoms with Gasteiger partial charge in [-0.25, -0.2) is 8.78 Å². The Hall–Kier alpha value is -13.9. The van der Waals surface area contributed by atoms with Gasteiger partial charge in [-0.05, 0) is 282 Å². The molecule has 4 aliphatic carbocycles. The molecule has 2 unspecified atom stereocenters. The summed E-state index contributed by atoms with van der Waals surface area (Å²) in [6.07, 6.45) is 3.70. The van der Waals surface area contributed by atoms with Crippen molar-refractivity contribution in [2.24, 2.45) is 0 Å². The van der Waals surface area contributed by atoms with Crippen molar-refractivity contribution in [3.05, 3.63) is 488 Å². The normalized spacial score (nSPS) is 16.0. The van der Waals surface area contributed by atoms with Crippen molar-refractivity contribution in [3.8, 4) is 56.0 Å². The van der Waals surface area contributed by atoms with Gasteiger partial charge in [0.15, 0.2) is 0 Å². The van der Waals surface area contributed by atoms with E-state index in [1.54, 1.807) is 12.1 Å². The van der Waals surface area contributed by atoms with E-state index in [9.17, 15) is 0 Å². The number of hydrogen-bond acceptors (Lipinski definition) is 4. The molecule has 6 heteroatoms. The monoisotopic (exact) mass is 1490 g/mol. The molecular formula is C109H80F2N2O2. The Balaban J connectivity index is 0.759. The van der Waals surface area contributed by atoms with E-state index in [1.807, 2.05) is 36.4 Å². The van der Waals surface area contributed by atoms with E-state index in [2.05, 4.69) is 354 Å². The summed E-state index contributed by atoms with van der Waals surface area (Å²) in [4.78, 5) is 4.49. The molecule has 1 spiro atoms. The fourth-order valence-corrected chi connectivity index (χ4v) is 19.6. The predicted molar refractivity (Wildman–Crippen MR) is 467 cm³/mol. The van der Waals surface area contributed by atoms with Crippen LogP contribution in [-0.2, 0) is 29.5 Å². The molecule has 0 aromatic heterocycles. The molecule has 16 aromatic rings. The summed E-state index contributed by atoms with van der Waals surface area (Å²) in [6, 6.07) is 125. The zero-order chi connectivity index (χ0) is 77.8. The zero-order valence-electron chi connectivity index (χ0n) is 64.4. The lowest BCUT2D eigenvalue weighted by Gasteiger charge is -2.36. The summed E-state index contributed by atoms with van der Waals surface area (Å²) >= 11 is 0. The van der Waals surface area contributed by atoms with Gasteiger partial charge in [0, 0.05) is 34.1 Å². The number of fused-ring (bicyclic) bond motifs is 16. The number of halogens is 2. The Kier molecular flexibility index (Phi) is 16.9. The topological polar surface area (TPSA) is 24.9 Å². The van der Waals surface area contributed by atoms with Crippen molar-refractivity contribution in [2.75, 3.05) is 9.80 Å². The molecule has 0 radical (unpaired) electrons. The second kappa shape index (κ2) is 27.8. The molecule has 0 saturated heterocycles. The van der Waals surface area contributed by atoms with Crippen molar-refractivity contribution in [1.82, 2.24) is 0 Å². The summed E-state index contributed by atoms with van der Waals surface area (Å²) < 4.78 is 46.2. The van der Waals surface area contributed by atoms with Gasteiger partial charge in [0.1, 0.15) is 36.3 Å². The summed E-state index contributed by atoms with van der Waals surface area (Å²) in [7, 11) is 0. The van der Waals surface area contributed by atoms with Gasteiger partial charge < -0.3 is 19.3 Å². The minimum absolute atomic E-state index is 0.345. The van der Waals surface area contributed by atoms with E-state index in [-0.39, 0.29) is 11.6 Å². The first-order valence-corrected chi connectivity index (χ1v) is 39.5. The smallest absolute Gasteiger partial charge is 0.125 e. The SMILES string of the molecule is C=Cc1ccc(COc2ccc(C3(c4cc(C)ccc4C)c4ccccc4-c4ccc(N(c5cccc(F)c5)c5ccc6c(c5)C5(c7ccccc7-6)c6ccccc6-c6ccc(N(c7cccc(F)c7)c7ccc8c(c7)C(c7ccc(OCc9ccc(C=C)cc9)cc7)(c7cc(C)ccc7C)c7ccccc7-8)cc65)cc43)cc2)cc1. The van der Waals surface area contributed by atoms with E-state index < -0.39 is 16.2 Å². The Bertz CT molecular complexity index is 6220. The Labute approximate surface area is 671 Å². The van der Waals surface area contributed by atoms with Crippen LogP contribution in [0, 0.1) is 39.3 Å². The van der Waals surface area contributed by atoms with E-state index in [4.69, 9.17) is 9.47 Å². The minimum atomic E-state index is -0.891. The van der Waals surface area contributed by atoms with Crippen LogP contribution >= 0.6 is 0 Å². The number of aryl methyl sites for hydroxylation is 4. The van der Waals surface area contributed by atoms with E-state index in [0.717, 1.165) is 168 Å². The molecule has 0 amide bonds. The Morgan fingerprint density at radius 1 is 0.270 bits per heavy atom. The van der Waals surface area contributed by atoms with Gasteiger partial charge in [0.25, 0.3) is 0 Å². The van der Waals surface area contributed by atoms with E-state index >= 15 is 8.78 Å². The van der Waals surface area contributed by atoms with Crippen LogP contribution in [-0.4, -0.2) is 0 Å². The molecule has 0 bridgehead atoms. The summed E-state index contributed by atoms with van der Waals surface area (Å²) in [5, 5.41) is 0. The van der Waals surface area contributed by atoms with Crippen LogP contribution in [0.15, 0.2) is 365 Å². The highest BCUT2D eigenvalue weighted by Gasteiger charge is 2.54. The van der Waals surface area contributed by atoms with Crippen molar-refractivity contribution in [1.29, 1.82) is 0 Å². The van der Waals surface area contributed by atoms with E-state index in [0.29, 0.717) is 24.6 Å². The van der Waals surface area contributed by atoms with Crippen LogP contribution in [0.5, 0.6) is 11.5 Å². The molecule has 20 rings (SSSR count). The molecule has 0 saturated carbocycles. The van der Waals surface area contributed by atoms with Crippen LogP contribution in [0.2, 0.25) is 0 Å². The number of rotatable bonds is 18. The molecule has 0 N–H and O–H groups in total. The summed E-state index contributed by atoms with van der Waals surface area (Å²) in [5.41, 5.74) is 33.8. The number of hydrogen-bond donors (Lipinski definition) is 0. The third-order valence-corrected chi connectivity index (χ3v) is 24.7. The molecule has 552 valence electrons. The van der Waals surface area contributed by atoms with Crippen molar-refractivity contribution in [2.45, 2.75) is 57.2 Å². The average molecular weight is 1490 g/mol. The maximum Gasteiger partial charge on any atom is 0.125 e. The molecule has 0 heterocycles. The van der Waals surface area contributed by atoms with Gasteiger partial charge in [0.05, 0.1) is 16.2 Å². The molecule has 115 heavy (non-hydrogen) atoms. The van der Waals surface area contributed by atoms with Gasteiger partial charge in [-0.1, -0.05) is 279 Å². The van der Waals surface area contributed by atoms with Crippen LogP contribution in [0.3, 0.4) is 0 Å². The Morgan fingerprint density at radius 3 is 0.904 bits per heavy atom. The van der Waals surface area contributed by atoms with Crippen LogP contribution < -0.4 is 19.3 Å². The first kappa shape index (κ1) is 70.2. The molecule has 4 nitrogen and oxygen atoms in total. The van der Waals surface area contributed by atoms with Crippen molar-refractivity contribution in [3.63, 3.8) is 0 Å². The first-order valence-electron chi connectivity index (χ1n) is 39.5. The number of nitrogens with zero attached hydrogens (tertiary/aromatic N) is 2. The van der Waals surface area contributed by atoms with Gasteiger partial charge in [-0.15, -0.1) is 0 Å². The lowest BCUT2D eigenvalue weighted by Crippen LogP contribution is -2.30. The van der Waals surface area contributed by atoms with Gasteiger partial charge in [-0.2, -0.15) is 0 Å². The third-order valence-electron chi connectivity index (χ3n) is 24.7. The van der Waals surface area contributed by atoms with Gasteiger partial charge >= 0.3 is 0 Å². The lowest BCUT2D eigenvalue weighted by molar-refractivity contribution is 0.306. The van der Waals surface area contributed by atoms with Gasteiger partial charge in [-0.3, -0.25) is 0 Å². The molecule has 4 aliphatic rings. The predicted octanol–water partition coefficient (Wildman–Crippen LogP) is 27.7. The molecule has 16 aromatic carbocycles. The largest absolute Gasteiger partial charge is 0.489 e. The lowest BCUT2D eigenvalue weighted by atomic mass is 9.66. The highest BCUT2D eigenvalue weighted by Crippen LogP contribution is 2.66. The second-order valence-electron chi connectivity index (χ2n) is 31.1. The highest BCUT2D eigenvalue weighted by atomic mass is 19.1. The summed E-state index contributed by atoms with van der Waals surface area (Å²) in [6.45, 7) is 17.5. The van der Waals surface area contributed by atoms with E-state index in [1.165, 1.54) is 34.4 Å². The number of benzene rings is 16. The molecular weight excluding hydrogens is 1410 g/mol.